The summed E-state index contributed by atoms with van der Waals surface area (Å²) in [5.74, 6) is 3.93. The molecule has 0 saturated carbocycles. The van der Waals surface area contributed by atoms with E-state index in [0.717, 1.165) is 40.0 Å². The first kappa shape index (κ1) is 16.7. The lowest BCUT2D eigenvalue weighted by atomic mass is 10.1. The van der Waals surface area contributed by atoms with E-state index < -0.39 is 9.71 Å². The van der Waals surface area contributed by atoms with Gasteiger partial charge in [0.2, 0.25) is 0 Å². The van der Waals surface area contributed by atoms with Crippen molar-refractivity contribution in [2.45, 2.75) is 38.5 Å². The minimum absolute atomic E-state index is 0. The van der Waals surface area contributed by atoms with E-state index >= 15 is 0 Å². The largest absolute Gasteiger partial charge is 0.358 e. The van der Waals surface area contributed by atoms with Crippen LogP contribution in [0.1, 0.15) is 33.0 Å². The van der Waals surface area contributed by atoms with Crippen LogP contribution in [0.5, 0.6) is 0 Å². The van der Waals surface area contributed by atoms with Gasteiger partial charge in [0.15, 0.2) is 0 Å². The van der Waals surface area contributed by atoms with Gasteiger partial charge in [0, 0.05) is 30.0 Å². The third-order valence-corrected chi connectivity index (χ3v) is 6.03. The number of benzene rings is 2. The Morgan fingerprint density at radius 3 is 2.54 bits per heavy atom. The van der Waals surface area contributed by atoms with E-state index in [4.69, 9.17) is 0 Å². The summed E-state index contributed by atoms with van der Waals surface area (Å²) < 4.78 is 16.1. The van der Waals surface area contributed by atoms with Gasteiger partial charge in [0.1, 0.15) is 0 Å². The van der Waals surface area contributed by atoms with E-state index in [-0.39, 0.29) is 2.85 Å². The summed E-state index contributed by atoms with van der Waals surface area (Å²) in [4.78, 5) is 4.08. The Morgan fingerprint density at radius 1 is 1.17 bits per heavy atom. The van der Waals surface area contributed by atoms with Gasteiger partial charge in [-0.1, -0.05) is 25.5 Å². The first-order chi connectivity index (χ1) is 11.4. The molecule has 2 N–H and O–H groups in total. The summed E-state index contributed by atoms with van der Waals surface area (Å²) in [6, 6.07) is 13.9. The predicted molar refractivity (Wildman–Crippen MR) is 110 cm³/mol. The van der Waals surface area contributed by atoms with Crippen LogP contribution in [0.25, 0.3) is 10.9 Å². The van der Waals surface area contributed by atoms with Gasteiger partial charge in [-0.05, 0) is 67.6 Å². The first-order valence-corrected chi connectivity index (χ1v) is 9.96. The van der Waals surface area contributed by atoms with Crippen molar-refractivity contribution in [3.63, 3.8) is 0 Å². The molecule has 4 heteroatoms. The number of hydrogen-bond donors (Lipinski definition) is 2. The van der Waals surface area contributed by atoms with Gasteiger partial charge in [-0.2, -0.15) is 0 Å². The van der Waals surface area contributed by atoms with E-state index in [2.05, 4.69) is 36.3 Å². The second kappa shape index (κ2) is 6.36. The molecule has 0 aliphatic heterocycles. The molecule has 3 aromatic rings. The standard InChI is InChI=1S/C20H24N2OS.2H2/c1-5-6-16-7-10-18(11-8-16)24(4,23)22-17-9-12-20-19(13-17)14(2)15(3)21-20;;/h7-13,21H,4-6H2,1-3H3,(H,22,23);2*1H. The molecule has 1 atom stereocenters. The summed E-state index contributed by atoms with van der Waals surface area (Å²) in [5.41, 5.74) is 5.55. The van der Waals surface area contributed by atoms with Crippen LogP contribution in [0.4, 0.5) is 5.69 Å². The average molecular weight is 345 g/mol. The van der Waals surface area contributed by atoms with Crippen molar-refractivity contribution < 1.29 is 7.06 Å². The lowest BCUT2D eigenvalue weighted by molar-refractivity contribution is 0.684. The Morgan fingerprint density at radius 2 is 1.88 bits per heavy atom. The zero-order chi connectivity index (χ0) is 17.3. The molecule has 3 nitrogen and oxygen atoms in total. The fraction of sp³-hybridized carbons (Fsp3) is 0.250. The minimum Gasteiger partial charge on any atom is -0.358 e. The number of hydrogen-bond acceptors (Lipinski definition) is 1. The smallest absolute Gasteiger partial charge is 0.0738 e. The predicted octanol–water partition coefficient (Wildman–Crippen LogP) is 5.33. The molecule has 0 fully saturated rings. The molecule has 3 rings (SSSR count). The first-order valence-electron chi connectivity index (χ1n) is 8.23. The van der Waals surface area contributed by atoms with Crippen LogP contribution >= 0.6 is 0 Å². The average Bonchev–Trinajstić information content (AvgIpc) is 2.83. The zero-order valence-corrected chi connectivity index (χ0v) is 15.3. The lowest BCUT2D eigenvalue weighted by Gasteiger charge is -2.14. The van der Waals surface area contributed by atoms with Gasteiger partial charge in [-0.3, -0.25) is 0 Å². The molecular weight excluding hydrogens is 316 g/mol. The second-order valence-corrected chi connectivity index (χ2v) is 8.33. The molecule has 130 valence electrons. The van der Waals surface area contributed by atoms with E-state index in [1.54, 1.807) is 0 Å². The fourth-order valence-corrected chi connectivity index (χ4v) is 4.14. The maximum atomic E-state index is 13.0. The van der Waals surface area contributed by atoms with Crippen LogP contribution in [-0.4, -0.2) is 15.1 Å². The molecule has 24 heavy (non-hydrogen) atoms. The molecule has 1 unspecified atom stereocenters. The highest BCUT2D eigenvalue weighted by Gasteiger charge is 2.10. The van der Waals surface area contributed by atoms with Crippen molar-refractivity contribution in [3.8, 4) is 0 Å². The van der Waals surface area contributed by atoms with Gasteiger partial charge in [-0.15, -0.1) is 0 Å². The Balaban J connectivity index is 0.00000169. The maximum absolute atomic E-state index is 13.0. The topological polar surface area (TPSA) is 44.9 Å². The Bertz CT molecular complexity index is 977. The Labute approximate surface area is 147 Å². The van der Waals surface area contributed by atoms with Crippen molar-refractivity contribution in [1.82, 2.24) is 4.98 Å². The SMILES string of the molecule is C=S(=O)(Nc1ccc2[nH]c(C)c(C)c2c1)c1ccc(CCC)cc1.[HH].[HH]. The third kappa shape index (κ3) is 3.20. The van der Waals surface area contributed by atoms with E-state index in [1.807, 2.05) is 42.5 Å². The molecule has 0 aliphatic carbocycles. The Hall–Kier alpha value is -2.20. The highest BCUT2D eigenvalue weighted by Crippen LogP contribution is 2.26. The summed E-state index contributed by atoms with van der Waals surface area (Å²) in [6.07, 6.45) is 2.14. The highest BCUT2D eigenvalue weighted by molar-refractivity contribution is 8.01. The molecule has 0 radical (unpaired) electrons. The lowest BCUT2D eigenvalue weighted by Crippen LogP contribution is -2.12. The number of aromatic amines is 1. The van der Waals surface area contributed by atoms with Gasteiger partial charge in [0.05, 0.1) is 9.71 Å². The summed E-state index contributed by atoms with van der Waals surface area (Å²) in [7, 11) is -2.58. The van der Waals surface area contributed by atoms with E-state index in [1.165, 1.54) is 11.1 Å². The van der Waals surface area contributed by atoms with Crippen LogP contribution in [-0.2, 0) is 16.1 Å². The summed E-state index contributed by atoms with van der Waals surface area (Å²) in [6.45, 7) is 6.30. The monoisotopic (exact) mass is 344 g/mol. The molecule has 0 spiro atoms. The van der Waals surface area contributed by atoms with Crippen molar-refractivity contribution >= 4 is 32.2 Å². The van der Waals surface area contributed by atoms with Crippen molar-refractivity contribution in [2.24, 2.45) is 0 Å². The number of aromatic nitrogens is 1. The minimum atomic E-state index is -2.58. The highest BCUT2D eigenvalue weighted by atomic mass is 32.2. The van der Waals surface area contributed by atoms with Crippen molar-refractivity contribution in [3.05, 3.63) is 59.3 Å². The number of anilines is 1. The molecule has 0 bridgehead atoms. The maximum Gasteiger partial charge on any atom is 0.0738 e. The third-order valence-electron chi connectivity index (χ3n) is 4.43. The fourth-order valence-electron chi connectivity index (χ4n) is 2.94. The van der Waals surface area contributed by atoms with Gasteiger partial charge < -0.3 is 9.71 Å². The summed E-state index contributed by atoms with van der Waals surface area (Å²) in [5, 5.41) is 1.14. The molecule has 0 amide bonds. The quantitative estimate of drug-likeness (QED) is 0.604. The van der Waals surface area contributed by atoms with E-state index in [0.29, 0.717) is 0 Å². The van der Waals surface area contributed by atoms with Crippen LogP contribution in [0.3, 0.4) is 0 Å². The van der Waals surface area contributed by atoms with Crippen LogP contribution in [0.15, 0.2) is 47.4 Å². The number of rotatable bonds is 5. The molecular formula is C20H28N2OS. The van der Waals surface area contributed by atoms with E-state index in [9.17, 15) is 4.21 Å². The molecule has 2 aromatic carbocycles. The van der Waals surface area contributed by atoms with Gasteiger partial charge in [-0.25, -0.2) is 4.21 Å². The van der Waals surface area contributed by atoms with Crippen LogP contribution in [0, 0.1) is 13.8 Å². The van der Waals surface area contributed by atoms with Gasteiger partial charge in [0.25, 0.3) is 0 Å². The summed E-state index contributed by atoms with van der Waals surface area (Å²) >= 11 is 0. The zero-order valence-electron chi connectivity index (χ0n) is 14.5. The number of H-pyrrole nitrogens is 1. The molecule has 0 saturated heterocycles. The van der Waals surface area contributed by atoms with Crippen LogP contribution in [0.2, 0.25) is 0 Å². The number of fused-ring (bicyclic) bond motifs is 1. The number of aryl methyl sites for hydroxylation is 3. The normalized spacial score (nSPS) is 13.8. The van der Waals surface area contributed by atoms with Crippen molar-refractivity contribution in [2.75, 3.05) is 4.72 Å². The van der Waals surface area contributed by atoms with Crippen molar-refractivity contribution in [1.29, 1.82) is 0 Å². The molecule has 1 heterocycles. The molecule has 0 aliphatic rings. The Kier molecular flexibility index (Phi) is 4.41. The number of nitrogens with one attached hydrogen (secondary N) is 2. The van der Waals surface area contributed by atoms with Gasteiger partial charge >= 0.3 is 0 Å². The second-order valence-electron chi connectivity index (χ2n) is 6.31. The molecule has 1 aromatic heterocycles. The van der Waals surface area contributed by atoms with Crippen LogP contribution < -0.4 is 4.72 Å².